The van der Waals surface area contributed by atoms with E-state index in [0.29, 0.717) is 22.3 Å². The van der Waals surface area contributed by atoms with Crippen LogP contribution < -0.4 is 10.5 Å². The van der Waals surface area contributed by atoms with Gasteiger partial charge in [-0.2, -0.15) is 0 Å². The van der Waals surface area contributed by atoms with Gasteiger partial charge in [-0.15, -0.1) is 0 Å². The fourth-order valence-corrected chi connectivity index (χ4v) is 1.75. The minimum absolute atomic E-state index is 0.277. The van der Waals surface area contributed by atoms with Crippen molar-refractivity contribution in [3.63, 3.8) is 0 Å². The molecule has 1 heterocycles. The summed E-state index contributed by atoms with van der Waals surface area (Å²) in [5, 5.41) is 0. The maximum Gasteiger partial charge on any atom is 0.144 e. The first-order valence-electron chi connectivity index (χ1n) is 4.22. The smallest absolute Gasteiger partial charge is 0.144 e. The molecule has 0 saturated heterocycles. The van der Waals surface area contributed by atoms with Gasteiger partial charge in [-0.05, 0) is 28.9 Å². The molecule has 0 fully saturated rings. The van der Waals surface area contributed by atoms with Crippen LogP contribution in [0.15, 0.2) is 16.9 Å². The molecule has 1 aromatic heterocycles. The maximum absolute atomic E-state index is 13.6. The molecule has 0 saturated carbocycles. The summed E-state index contributed by atoms with van der Waals surface area (Å²) >= 11 is 3.24. The summed E-state index contributed by atoms with van der Waals surface area (Å²) in [5.74, 6) is 0.445. The van der Waals surface area contributed by atoms with Crippen molar-refractivity contribution in [2.75, 3.05) is 13.7 Å². The lowest BCUT2D eigenvalue weighted by molar-refractivity contribution is 0.309. The molecule has 0 aromatic carbocycles. The molecule has 1 unspecified atom stereocenters. The van der Waals surface area contributed by atoms with Crippen LogP contribution >= 0.6 is 15.9 Å². The van der Waals surface area contributed by atoms with Crippen LogP contribution in [0, 0.1) is 0 Å². The normalized spacial score (nSPS) is 12.6. The zero-order chi connectivity index (χ0) is 10.6. The molecule has 1 aromatic rings. The van der Waals surface area contributed by atoms with E-state index in [0.717, 1.165) is 0 Å². The largest absolute Gasteiger partial charge is 0.495 e. The molecule has 3 nitrogen and oxygen atoms in total. The third kappa shape index (κ3) is 2.42. The van der Waals surface area contributed by atoms with E-state index in [9.17, 15) is 4.39 Å². The quantitative estimate of drug-likeness (QED) is 0.905. The molecule has 0 spiro atoms. The maximum atomic E-state index is 13.6. The third-order valence-corrected chi connectivity index (χ3v) is 2.49. The van der Waals surface area contributed by atoms with Crippen molar-refractivity contribution in [3.05, 3.63) is 22.4 Å². The molecule has 0 aliphatic heterocycles. The van der Waals surface area contributed by atoms with Crippen LogP contribution in [-0.4, -0.2) is 18.6 Å². The van der Waals surface area contributed by atoms with Crippen LogP contribution in [0.3, 0.4) is 0 Å². The van der Waals surface area contributed by atoms with E-state index in [1.165, 1.54) is 13.3 Å². The second-order valence-corrected chi connectivity index (χ2v) is 3.64. The van der Waals surface area contributed by atoms with Crippen LogP contribution in [0.25, 0.3) is 0 Å². The molecule has 0 aliphatic rings. The van der Waals surface area contributed by atoms with Crippen LogP contribution in [0.4, 0.5) is 4.39 Å². The van der Waals surface area contributed by atoms with Crippen molar-refractivity contribution < 1.29 is 9.13 Å². The van der Waals surface area contributed by atoms with E-state index in [-0.39, 0.29) is 6.42 Å². The van der Waals surface area contributed by atoms with Gasteiger partial charge in [0.25, 0.3) is 0 Å². The first-order valence-corrected chi connectivity index (χ1v) is 5.01. The summed E-state index contributed by atoms with van der Waals surface area (Å²) in [6.07, 6.45) is 2.19. The number of aromatic nitrogens is 1. The predicted molar refractivity (Wildman–Crippen MR) is 56.0 cm³/mol. The Morgan fingerprint density at radius 3 is 2.93 bits per heavy atom. The van der Waals surface area contributed by atoms with Gasteiger partial charge in [0.2, 0.25) is 0 Å². The predicted octanol–water partition coefficient (Wildman–Crippen LogP) is 2.21. The summed E-state index contributed by atoms with van der Waals surface area (Å²) in [6, 6.07) is 0. The number of halogens is 2. The fraction of sp³-hybridized carbons (Fsp3) is 0.444. The molecule has 1 atom stereocenters. The highest BCUT2D eigenvalue weighted by atomic mass is 79.9. The van der Waals surface area contributed by atoms with Gasteiger partial charge in [0.05, 0.1) is 13.3 Å². The molecule has 14 heavy (non-hydrogen) atoms. The Morgan fingerprint density at radius 2 is 2.36 bits per heavy atom. The lowest BCUT2D eigenvalue weighted by atomic mass is 10.1. The highest BCUT2D eigenvalue weighted by molar-refractivity contribution is 9.10. The van der Waals surface area contributed by atoms with Crippen LogP contribution in [0.1, 0.15) is 18.2 Å². The van der Waals surface area contributed by atoms with Crippen LogP contribution in [0.2, 0.25) is 0 Å². The van der Waals surface area contributed by atoms with E-state index in [1.807, 2.05) is 0 Å². The monoisotopic (exact) mass is 262 g/mol. The number of hydrogen-bond acceptors (Lipinski definition) is 3. The fourth-order valence-electron chi connectivity index (χ4n) is 1.18. The Morgan fingerprint density at radius 1 is 1.64 bits per heavy atom. The molecule has 0 bridgehead atoms. The Bertz CT molecular complexity index is 309. The number of nitrogens with zero attached hydrogens (tertiary/aromatic N) is 1. The second kappa shape index (κ2) is 5.26. The molecule has 0 amide bonds. The zero-order valence-corrected chi connectivity index (χ0v) is 9.42. The average Bonchev–Trinajstić information content (AvgIpc) is 2.17. The van der Waals surface area contributed by atoms with Crippen LogP contribution in [0.5, 0.6) is 5.75 Å². The van der Waals surface area contributed by atoms with Crippen molar-refractivity contribution in [3.8, 4) is 5.75 Å². The highest BCUT2D eigenvalue weighted by Gasteiger charge is 2.17. The minimum atomic E-state index is -1.12. The van der Waals surface area contributed by atoms with Gasteiger partial charge in [0.1, 0.15) is 11.9 Å². The van der Waals surface area contributed by atoms with Crippen molar-refractivity contribution in [1.82, 2.24) is 4.98 Å². The van der Waals surface area contributed by atoms with E-state index in [1.54, 1.807) is 6.20 Å². The van der Waals surface area contributed by atoms with Gasteiger partial charge in [-0.3, -0.25) is 4.98 Å². The van der Waals surface area contributed by atoms with Gasteiger partial charge >= 0.3 is 0 Å². The van der Waals surface area contributed by atoms with Crippen LogP contribution in [-0.2, 0) is 0 Å². The van der Waals surface area contributed by atoms with E-state index >= 15 is 0 Å². The Labute approximate surface area is 90.6 Å². The number of methoxy groups -OCH3 is 1. The minimum Gasteiger partial charge on any atom is -0.495 e. The molecule has 78 valence electrons. The Balaban J connectivity index is 3.03. The Hall–Kier alpha value is -0.680. The number of nitrogens with two attached hydrogens (primary N) is 1. The van der Waals surface area contributed by atoms with Crippen molar-refractivity contribution in [1.29, 1.82) is 0 Å². The molecule has 0 radical (unpaired) electrons. The number of pyridine rings is 1. The summed E-state index contributed by atoms with van der Waals surface area (Å²) in [7, 11) is 1.49. The van der Waals surface area contributed by atoms with Crippen molar-refractivity contribution in [2.24, 2.45) is 5.73 Å². The topological polar surface area (TPSA) is 48.1 Å². The first-order chi connectivity index (χ1) is 6.70. The number of hydrogen-bond donors (Lipinski definition) is 1. The lowest BCUT2D eigenvalue weighted by Gasteiger charge is -2.13. The molecule has 1 rings (SSSR count). The highest BCUT2D eigenvalue weighted by Crippen LogP contribution is 2.34. The third-order valence-electron chi connectivity index (χ3n) is 1.86. The van der Waals surface area contributed by atoms with Gasteiger partial charge in [0, 0.05) is 16.2 Å². The van der Waals surface area contributed by atoms with Gasteiger partial charge in [0.15, 0.2) is 0 Å². The summed E-state index contributed by atoms with van der Waals surface area (Å²) in [5.41, 5.74) is 5.78. The second-order valence-electron chi connectivity index (χ2n) is 2.78. The van der Waals surface area contributed by atoms with Gasteiger partial charge < -0.3 is 10.5 Å². The summed E-state index contributed by atoms with van der Waals surface area (Å²) in [6.45, 7) is 0.305. The molecule has 2 N–H and O–H groups in total. The number of rotatable bonds is 4. The molecule has 5 heteroatoms. The first kappa shape index (κ1) is 11.4. The SMILES string of the molecule is COc1cncc(Br)c1C(F)CCN. The van der Waals surface area contributed by atoms with E-state index in [4.69, 9.17) is 10.5 Å². The van der Waals surface area contributed by atoms with E-state index in [2.05, 4.69) is 20.9 Å². The van der Waals surface area contributed by atoms with E-state index < -0.39 is 6.17 Å². The summed E-state index contributed by atoms with van der Waals surface area (Å²) in [4.78, 5) is 3.89. The van der Waals surface area contributed by atoms with Gasteiger partial charge in [-0.1, -0.05) is 0 Å². The molecular formula is C9H12BrFN2O. The average molecular weight is 263 g/mol. The molecule has 0 aliphatic carbocycles. The molecular weight excluding hydrogens is 251 g/mol. The standard InChI is InChI=1S/C9H12BrFN2O/c1-14-8-5-13-4-6(10)9(8)7(11)2-3-12/h4-5,7H,2-3,12H2,1H3. The number of ether oxygens (including phenoxy) is 1. The van der Waals surface area contributed by atoms with Crippen molar-refractivity contribution >= 4 is 15.9 Å². The summed E-state index contributed by atoms with van der Waals surface area (Å²) < 4.78 is 19.3. The van der Waals surface area contributed by atoms with Gasteiger partial charge in [-0.25, -0.2) is 4.39 Å². The van der Waals surface area contributed by atoms with Crippen molar-refractivity contribution in [2.45, 2.75) is 12.6 Å². The Kier molecular flexibility index (Phi) is 4.28. The zero-order valence-electron chi connectivity index (χ0n) is 7.84. The number of alkyl halides is 1. The lowest BCUT2D eigenvalue weighted by Crippen LogP contribution is -2.06.